The van der Waals surface area contributed by atoms with Gasteiger partial charge in [-0.1, -0.05) is 18.2 Å². The maximum atomic E-state index is 12.8. The minimum Gasteiger partial charge on any atom is -0.322 e. The van der Waals surface area contributed by atoms with Gasteiger partial charge in [-0.2, -0.15) is 13.2 Å². The maximum Gasteiger partial charge on any atom is 0.416 e. The number of benzene rings is 2. The van der Waals surface area contributed by atoms with Crippen LogP contribution >= 0.6 is 0 Å². The van der Waals surface area contributed by atoms with Crippen LogP contribution in [0.4, 0.5) is 18.9 Å². The van der Waals surface area contributed by atoms with Gasteiger partial charge in [0.25, 0.3) is 5.91 Å². The topological polar surface area (TPSA) is 59.3 Å². The van der Waals surface area contributed by atoms with Crippen LogP contribution in [0.5, 0.6) is 0 Å². The van der Waals surface area contributed by atoms with Gasteiger partial charge in [0.05, 0.1) is 11.3 Å². The standard InChI is InChI=1S/C20H13F3N4O/c21-20(22,23)15-4-1-3-14(11-15)18(28)25-16-7-5-13(6-8-16)17-12-27-10-2-9-24-19(27)26-17/h1-12H,(H,25,28). The number of fused-ring (bicyclic) bond motifs is 1. The Balaban J connectivity index is 1.52. The molecule has 0 aliphatic carbocycles. The molecule has 0 saturated heterocycles. The van der Waals surface area contributed by atoms with Crippen molar-refractivity contribution in [2.45, 2.75) is 6.18 Å². The van der Waals surface area contributed by atoms with Crippen LogP contribution in [0.1, 0.15) is 15.9 Å². The third-order valence-electron chi connectivity index (χ3n) is 4.13. The molecule has 0 unspecified atom stereocenters. The van der Waals surface area contributed by atoms with Gasteiger partial charge in [-0.15, -0.1) is 0 Å². The average Bonchev–Trinajstić information content (AvgIpc) is 3.12. The highest BCUT2D eigenvalue weighted by Gasteiger charge is 2.30. The lowest BCUT2D eigenvalue weighted by molar-refractivity contribution is -0.137. The van der Waals surface area contributed by atoms with Crippen LogP contribution in [0.2, 0.25) is 0 Å². The molecule has 1 amide bonds. The number of hydrogen-bond acceptors (Lipinski definition) is 3. The number of nitrogens with zero attached hydrogens (tertiary/aromatic N) is 3. The predicted molar refractivity (Wildman–Crippen MR) is 97.8 cm³/mol. The van der Waals surface area contributed by atoms with Crippen molar-refractivity contribution >= 4 is 17.4 Å². The van der Waals surface area contributed by atoms with Crippen LogP contribution in [0.15, 0.2) is 73.2 Å². The third-order valence-corrected chi connectivity index (χ3v) is 4.13. The summed E-state index contributed by atoms with van der Waals surface area (Å²) in [6.45, 7) is 0. The van der Waals surface area contributed by atoms with Crippen molar-refractivity contribution in [2.24, 2.45) is 0 Å². The van der Waals surface area contributed by atoms with E-state index in [-0.39, 0.29) is 5.56 Å². The van der Waals surface area contributed by atoms with Crippen molar-refractivity contribution in [3.63, 3.8) is 0 Å². The number of carbonyl (C=O) groups is 1. The minimum atomic E-state index is -4.50. The summed E-state index contributed by atoms with van der Waals surface area (Å²) in [5, 5.41) is 2.60. The Bertz CT molecular complexity index is 1120. The number of hydrogen-bond donors (Lipinski definition) is 1. The Morgan fingerprint density at radius 1 is 1.04 bits per heavy atom. The molecule has 4 aromatic rings. The largest absolute Gasteiger partial charge is 0.416 e. The summed E-state index contributed by atoms with van der Waals surface area (Å²) >= 11 is 0. The molecule has 1 N–H and O–H groups in total. The fraction of sp³-hybridized carbons (Fsp3) is 0.0500. The molecule has 0 saturated carbocycles. The second-order valence-corrected chi connectivity index (χ2v) is 6.06. The number of halogens is 3. The van der Waals surface area contributed by atoms with Crippen molar-refractivity contribution in [3.05, 3.63) is 84.3 Å². The van der Waals surface area contributed by atoms with Gasteiger partial charge in [0.15, 0.2) is 0 Å². The lowest BCUT2D eigenvalue weighted by atomic mass is 10.1. The molecule has 0 spiro atoms. The Hall–Kier alpha value is -3.68. The van der Waals surface area contributed by atoms with Crippen molar-refractivity contribution in [3.8, 4) is 11.3 Å². The normalized spacial score (nSPS) is 11.5. The highest BCUT2D eigenvalue weighted by molar-refractivity contribution is 6.04. The lowest BCUT2D eigenvalue weighted by Crippen LogP contribution is -2.13. The maximum absolute atomic E-state index is 12.8. The average molecular weight is 382 g/mol. The van der Waals surface area contributed by atoms with Crippen LogP contribution in [-0.4, -0.2) is 20.3 Å². The van der Waals surface area contributed by atoms with Crippen LogP contribution in [0, 0.1) is 0 Å². The first kappa shape index (κ1) is 17.7. The summed E-state index contributed by atoms with van der Waals surface area (Å²) in [5.74, 6) is -0.0461. The summed E-state index contributed by atoms with van der Waals surface area (Å²) in [7, 11) is 0. The highest BCUT2D eigenvalue weighted by Crippen LogP contribution is 2.29. The van der Waals surface area contributed by atoms with Crippen LogP contribution in [0.3, 0.4) is 0 Å². The van der Waals surface area contributed by atoms with E-state index in [2.05, 4.69) is 15.3 Å². The molecule has 4 rings (SSSR count). The molecule has 2 heterocycles. The second kappa shape index (κ2) is 6.80. The molecule has 8 heteroatoms. The SMILES string of the molecule is O=C(Nc1ccc(-c2cn3cccnc3n2)cc1)c1cccc(C(F)(F)F)c1. The number of amides is 1. The summed E-state index contributed by atoms with van der Waals surface area (Å²) in [5.41, 5.74) is 1.08. The van der Waals surface area contributed by atoms with E-state index in [4.69, 9.17) is 0 Å². The van der Waals surface area contributed by atoms with Crippen molar-refractivity contribution in [1.82, 2.24) is 14.4 Å². The number of nitrogens with one attached hydrogen (secondary N) is 1. The van der Waals surface area contributed by atoms with E-state index in [0.29, 0.717) is 11.5 Å². The first-order chi connectivity index (χ1) is 13.4. The molecule has 28 heavy (non-hydrogen) atoms. The van der Waals surface area contributed by atoms with Gasteiger partial charge >= 0.3 is 6.18 Å². The lowest BCUT2D eigenvalue weighted by Gasteiger charge is -2.09. The Morgan fingerprint density at radius 3 is 2.54 bits per heavy atom. The van der Waals surface area contributed by atoms with Gasteiger partial charge < -0.3 is 5.32 Å². The molecular formula is C20H13F3N4O. The van der Waals surface area contributed by atoms with Crippen LogP contribution in [-0.2, 0) is 6.18 Å². The van der Waals surface area contributed by atoms with E-state index in [1.807, 2.05) is 12.4 Å². The Labute approximate surface area is 157 Å². The second-order valence-electron chi connectivity index (χ2n) is 6.06. The number of carbonyl (C=O) groups excluding carboxylic acids is 1. The minimum absolute atomic E-state index is 0.0645. The molecule has 2 aromatic carbocycles. The van der Waals surface area contributed by atoms with Gasteiger partial charge in [0.2, 0.25) is 5.78 Å². The summed E-state index contributed by atoms with van der Waals surface area (Å²) in [6.07, 6.45) is 0.820. The van der Waals surface area contributed by atoms with Gasteiger partial charge in [-0.05, 0) is 36.4 Å². The molecule has 140 valence electrons. The zero-order valence-corrected chi connectivity index (χ0v) is 14.3. The first-order valence-corrected chi connectivity index (χ1v) is 8.29. The highest BCUT2D eigenvalue weighted by atomic mass is 19.4. The fourth-order valence-electron chi connectivity index (χ4n) is 2.73. The molecule has 2 aromatic heterocycles. The zero-order valence-electron chi connectivity index (χ0n) is 14.3. The number of alkyl halides is 3. The molecule has 0 fully saturated rings. The molecule has 0 aliphatic heterocycles. The monoisotopic (exact) mass is 382 g/mol. The number of aromatic nitrogens is 3. The summed E-state index contributed by atoms with van der Waals surface area (Å²) in [6, 6.07) is 13.0. The van der Waals surface area contributed by atoms with E-state index in [9.17, 15) is 18.0 Å². The quantitative estimate of drug-likeness (QED) is 0.560. The number of rotatable bonds is 3. The molecule has 0 bridgehead atoms. The first-order valence-electron chi connectivity index (χ1n) is 8.29. The number of anilines is 1. The van der Waals surface area contributed by atoms with Gasteiger partial charge in [0, 0.05) is 35.4 Å². The summed E-state index contributed by atoms with van der Waals surface area (Å²) < 4.78 is 40.2. The zero-order chi connectivity index (χ0) is 19.7. The van der Waals surface area contributed by atoms with E-state index in [1.54, 1.807) is 40.9 Å². The van der Waals surface area contributed by atoms with Crippen molar-refractivity contribution in [1.29, 1.82) is 0 Å². The molecular weight excluding hydrogens is 369 g/mol. The molecule has 0 radical (unpaired) electrons. The van der Waals surface area contributed by atoms with Crippen LogP contribution in [0.25, 0.3) is 17.0 Å². The fourth-order valence-corrected chi connectivity index (χ4v) is 2.73. The Morgan fingerprint density at radius 2 is 1.82 bits per heavy atom. The molecule has 0 aliphatic rings. The molecule has 0 atom stereocenters. The third kappa shape index (κ3) is 3.57. The summed E-state index contributed by atoms with van der Waals surface area (Å²) in [4.78, 5) is 20.8. The predicted octanol–water partition coefficient (Wildman–Crippen LogP) is 4.67. The van der Waals surface area contributed by atoms with E-state index in [0.717, 1.165) is 23.4 Å². The van der Waals surface area contributed by atoms with Crippen LogP contribution < -0.4 is 5.32 Å². The molecule has 5 nitrogen and oxygen atoms in total. The van der Waals surface area contributed by atoms with Crippen molar-refractivity contribution in [2.75, 3.05) is 5.32 Å². The van der Waals surface area contributed by atoms with Gasteiger partial charge in [0.1, 0.15) is 0 Å². The number of imidazole rings is 1. The van der Waals surface area contributed by atoms with Gasteiger partial charge in [-0.25, -0.2) is 9.97 Å². The van der Waals surface area contributed by atoms with Crippen molar-refractivity contribution < 1.29 is 18.0 Å². The smallest absolute Gasteiger partial charge is 0.322 e. The van der Waals surface area contributed by atoms with Gasteiger partial charge in [-0.3, -0.25) is 9.20 Å². The van der Waals surface area contributed by atoms with E-state index < -0.39 is 17.6 Å². The van der Waals surface area contributed by atoms with E-state index >= 15 is 0 Å². The Kier molecular flexibility index (Phi) is 4.31. The van der Waals surface area contributed by atoms with E-state index in [1.165, 1.54) is 12.1 Å².